The number of carbonyl (C=O) groups is 1. The third-order valence-corrected chi connectivity index (χ3v) is 6.46. The second kappa shape index (κ2) is 7.62. The highest BCUT2D eigenvalue weighted by Gasteiger charge is 2.41. The number of thiophene rings is 1. The van der Waals surface area contributed by atoms with Crippen LogP contribution in [0.25, 0.3) is 10.2 Å². The molecule has 1 aliphatic carbocycles. The minimum absolute atomic E-state index is 0. The van der Waals surface area contributed by atoms with Crippen LogP contribution in [0.2, 0.25) is 0 Å². The molecule has 2 heterocycles. The summed E-state index contributed by atoms with van der Waals surface area (Å²) in [5.41, 5.74) is 7.78. The number of amides is 1. The smallest absolute Gasteiger partial charge is 0.261 e. The van der Waals surface area contributed by atoms with Crippen molar-refractivity contribution in [3.8, 4) is 0 Å². The fourth-order valence-electron chi connectivity index (χ4n) is 3.45. The molecule has 1 atom stereocenters. The molecule has 27 heavy (non-hydrogen) atoms. The van der Waals surface area contributed by atoms with E-state index in [9.17, 15) is 4.79 Å². The zero-order chi connectivity index (χ0) is 18.3. The van der Waals surface area contributed by atoms with E-state index in [-0.39, 0.29) is 23.9 Å². The number of nitrogens with two attached hydrogens (primary N) is 1. The number of hydrogen-bond donors (Lipinski definition) is 2. The lowest BCUT2D eigenvalue weighted by Crippen LogP contribution is -2.53. The highest BCUT2D eigenvalue weighted by atomic mass is 35.5. The molecule has 1 amide bonds. The van der Waals surface area contributed by atoms with Crippen molar-refractivity contribution < 1.29 is 4.79 Å². The molecule has 1 unspecified atom stereocenters. The highest BCUT2D eigenvalue weighted by molar-refractivity contribution is 7.20. The molecule has 1 aromatic carbocycles. The lowest BCUT2D eigenvalue weighted by Gasteiger charge is -2.29. The molecule has 3 N–H and O–H groups in total. The summed E-state index contributed by atoms with van der Waals surface area (Å²) in [6.45, 7) is 5.22. The van der Waals surface area contributed by atoms with Gasteiger partial charge in [-0.1, -0.05) is 30.3 Å². The lowest BCUT2D eigenvalue weighted by atomic mass is 9.96. The Balaban J connectivity index is 0.00000210. The topological polar surface area (TPSA) is 72.9 Å². The van der Waals surface area contributed by atoms with Crippen molar-refractivity contribution in [2.45, 2.75) is 38.8 Å². The van der Waals surface area contributed by atoms with E-state index in [1.54, 1.807) is 0 Å². The summed E-state index contributed by atoms with van der Waals surface area (Å²) >= 11 is 1.50. The van der Waals surface area contributed by atoms with Crippen LogP contribution in [0.1, 0.15) is 40.7 Å². The molecule has 1 saturated carbocycles. The molecule has 1 fully saturated rings. The number of benzene rings is 1. The number of halogens is 1. The molecule has 0 bridgehead atoms. The summed E-state index contributed by atoms with van der Waals surface area (Å²) in [5.74, 6) is 0.470. The Morgan fingerprint density at radius 2 is 2.07 bits per heavy atom. The summed E-state index contributed by atoms with van der Waals surface area (Å²) in [6.07, 6.45) is 2.29. The van der Waals surface area contributed by atoms with Gasteiger partial charge in [0.2, 0.25) is 0 Å². The third-order valence-electron chi connectivity index (χ3n) is 5.31. The Labute approximate surface area is 169 Å². The van der Waals surface area contributed by atoms with Crippen LogP contribution in [-0.4, -0.2) is 27.8 Å². The van der Waals surface area contributed by atoms with Gasteiger partial charge in [0.05, 0.1) is 22.7 Å². The molecule has 3 aromatic rings. The number of rotatable bonds is 6. The molecule has 2 aromatic heterocycles. The van der Waals surface area contributed by atoms with Crippen LogP contribution in [0.5, 0.6) is 0 Å². The molecule has 144 valence electrons. The Bertz CT molecular complexity index is 948. The van der Waals surface area contributed by atoms with E-state index in [0.29, 0.717) is 19.0 Å². The predicted octanol–water partition coefficient (Wildman–Crippen LogP) is 3.73. The molecular weight excluding hydrogens is 380 g/mol. The van der Waals surface area contributed by atoms with Crippen molar-refractivity contribution in [3.63, 3.8) is 0 Å². The second-order valence-corrected chi connectivity index (χ2v) is 8.44. The Morgan fingerprint density at radius 1 is 1.37 bits per heavy atom. The number of hydrogen-bond acceptors (Lipinski definition) is 4. The zero-order valence-electron chi connectivity index (χ0n) is 15.6. The Morgan fingerprint density at radius 3 is 2.70 bits per heavy atom. The maximum absolute atomic E-state index is 12.8. The van der Waals surface area contributed by atoms with Crippen molar-refractivity contribution in [1.29, 1.82) is 0 Å². The molecule has 0 saturated heterocycles. The van der Waals surface area contributed by atoms with E-state index < -0.39 is 0 Å². The average Bonchev–Trinajstić information content (AvgIpc) is 3.34. The van der Waals surface area contributed by atoms with Gasteiger partial charge < -0.3 is 11.1 Å². The first-order valence-electron chi connectivity index (χ1n) is 9.03. The number of carbonyl (C=O) groups excluding carboxylic acids is 1. The van der Waals surface area contributed by atoms with E-state index in [4.69, 9.17) is 5.73 Å². The number of fused-ring (bicyclic) bond motifs is 1. The van der Waals surface area contributed by atoms with Gasteiger partial charge in [0.15, 0.2) is 0 Å². The van der Waals surface area contributed by atoms with E-state index in [2.05, 4.69) is 29.5 Å². The molecule has 4 rings (SSSR count). The normalized spacial score (nSPS) is 16.0. The molecule has 0 radical (unpaired) electrons. The van der Waals surface area contributed by atoms with Gasteiger partial charge >= 0.3 is 0 Å². The first-order chi connectivity index (χ1) is 12.5. The van der Waals surface area contributed by atoms with Gasteiger partial charge in [0, 0.05) is 11.9 Å². The van der Waals surface area contributed by atoms with Gasteiger partial charge in [-0.2, -0.15) is 5.10 Å². The van der Waals surface area contributed by atoms with Crippen molar-refractivity contribution in [2.24, 2.45) is 11.7 Å². The highest BCUT2D eigenvalue weighted by Crippen LogP contribution is 2.39. The monoisotopic (exact) mass is 404 g/mol. The Hall–Kier alpha value is -1.89. The van der Waals surface area contributed by atoms with Crippen molar-refractivity contribution in [1.82, 2.24) is 15.1 Å². The van der Waals surface area contributed by atoms with Crippen molar-refractivity contribution in [3.05, 3.63) is 52.5 Å². The van der Waals surface area contributed by atoms with Crippen molar-refractivity contribution in [2.75, 3.05) is 6.54 Å². The molecule has 1 aliphatic rings. The van der Waals surface area contributed by atoms with Gasteiger partial charge in [0.25, 0.3) is 5.91 Å². The van der Waals surface area contributed by atoms with Crippen LogP contribution in [0, 0.1) is 12.8 Å². The first-order valence-corrected chi connectivity index (χ1v) is 9.85. The fourth-order valence-corrected chi connectivity index (χ4v) is 4.51. The summed E-state index contributed by atoms with van der Waals surface area (Å²) in [5, 5.41) is 8.88. The number of nitrogens with zero attached hydrogens (tertiary/aromatic N) is 2. The molecule has 5 nitrogen and oxygen atoms in total. The van der Waals surface area contributed by atoms with Gasteiger partial charge in [-0.3, -0.25) is 9.48 Å². The van der Waals surface area contributed by atoms with Crippen LogP contribution >= 0.6 is 23.7 Å². The average molecular weight is 405 g/mol. The maximum Gasteiger partial charge on any atom is 0.261 e. The van der Waals surface area contributed by atoms with Gasteiger partial charge in [-0.15, -0.1) is 23.7 Å². The lowest BCUT2D eigenvalue weighted by molar-refractivity contribution is 0.0902. The van der Waals surface area contributed by atoms with Crippen LogP contribution in [0.15, 0.2) is 36.4 Å². The standard InChI is InChI=1S/C20H24N4OS.ClH/c1-13-16-10-17(18(25)22-20(2,12-21)15-8-9-15)26-19(16)24(23-13)11-14-6-4-3-5-7-14;/h3-7,10,15H,8-9,11-12,21H2,1-2H3,(H,22,25);1H. The van der Waals surface area contributed by atoms with Gasteiger partial charge in [-0.05, 0) is 44.2 Å². The fraction of sp³-hybridized carbons (Fsp3) is 0.400. The maximum atomic E-state index is 12.8. The number of nitrogens with one attached hydrogen (secondary N) is 1. The summed E-state index contributed by atoms with van der Waals surface area (Å²) in [4.78, 5) is 14.6. The van der Waals surface area contributed by atoms with Crippen LogP contribution in [0.3, 0.4) is 0 Å². The zero-order valence-corrected chi connectivity index (χ0v) is 17.2. The first kappa shape index (κ1) is 19.9. The summed E-state index contributed by atoms with van der Waals surface area (Å²) in [7, 11) is 0. The van der Waals surface area contributed by atoms with Crippen LogP contribution < -0.4 is 11.1 Å². The molecule has 7 heteroatoms. The summed E-state index contributed by atoms with van der Waals surface area (Å²) < 4.78 is 1.99. The molecule has 0 aliphatic heterocycles. The quantitative estimate of drug-likeness (QED) is 0.657. The largest absolute Gasteiger partial charge is 0.345 e. The van der Waals surface area contributed by atoms with Gasteiger partial charge in [0.1, 0.15) is 4.83 Å². The van der Waals surface area contributed by atoms with Crippen molar-refractivity contribution >= 4 is 39.9 Å². The van der Waals surface area contributed by atoms with Crippen LogP contribution in [-0.2, 0) is 6.54 Å². The van der Waals surface area contributed by atoms with Gasteiger partial charge in [-0.25, -0.2) is 0 Å². The van der Waals surface area contributed by atoms with E-state index >= 15 is 0 Å². The summed E-state index contributed by atoms with van der Waals surface area (Å²) in [6, 6.07) is 12.2. The molecular formula is C20H25ClN4OS. The SMILES string of the molecule is Cc1nn(Cc2ccccc2)c2sc(C(=O)NC(C)(CN)C3CC3)cc12.Cl. The minimum atomic E-state index is -0.307. The van der Waals surface area contributed by atoms with Crippen LogP contribution in [0.4, 0.5) is 0 Å². The van der Waals surface area contributed by atoms with E-state index in [0.717, 1.165) is 33.6 Å². The van der Waals surface area contributed by atoms with E-state index in [1.807, 2.05) is 35.9 Å². The third kappa shape index (κ3) is 3.88. The Kier molecular flexibility index (Phi) is 5.60. The predicted molar refractivity (Wildman–Crippen MR) is 113 cm³/mol. The number of aryl methyl sites for hydroxylation is 1. The second-order valence-electron chi connectivity index (χ2n) is 7.41. The number of aromatic nitrogens is 2. The van der Waals surface area contributed by atoms with E-state index in [1.165, 1.54) is 16.9 Å². The minimum Gasteiger partial charge on any atom is -0.345 e. The molecule has 0 spiro atoms.